The highest BCUT2D eigenvalue weighted by molar-refractivity contribution is 6.30. The van der Waals surface area contributed by atoms with Gasteiger partial charge >= 0.3 is 0 Å². The van der Waals surface area contributed by atoms with Crippen LogP contribution in [0.2, 0.25) is 5.02 Å². The second-order valence-corrected chi connectivity index (χ2v) is 5.60. The van der Waals surface area contributed by atoms with Gasteiger partial charge in [0.15, 0.2) is 0 Å². The standard InChI is InChI=1S/C17H21ClN2/c1-20(13-14-8-10-16(18)11-9-14)12-4-6-15-5-2-3-7-17(15)19/h2-3,5,7-11H,4,6,12-13,19H2,1H3. The molecule has 0 atom stereocenters. The summed E-state index contributed by atoms with van der Waals surface area (Å²) in [6, 6.07) is 16.1. The van der Waals surface area contributed by atoms with Crippen molar-refractivity contribution < 1.29 is 0 Å². The molecule has 0 bridgehead atoms. The number of rotatable bonds is 6. The summed E-state index contributed by atoms with van der Waals surface area (Å²) >= 11 is 5.89. The van der Waals surface area contributed by atoms with E-state index in [-0.39, 0.29) is 0 Å². The molecule has 0 aliphatic carbocycles. The van der Waals surface area contributed by atoms with Gasteiger partial charge in [0.2, 0.25) is 0 Å². The largest absolute Gasteiger partial charge is 0.399 e. The molecule has 0 spiro atoms. The maximum absolute atomic E-state index is 5.95. The Kier molecular flexibility index (Phi) is 5.45. The molecule has 2 aromatic carbocycles. The van der Waals surface area contributed by atoms with E-state index in [4.69, 9.17) is 17.3 Å². The molecule has 106 valence electrons. The Labute approximate surface area is 126 Å². The van der Waals surface area contributed by atoms with Crippen molar-refractivity contribution in [1.82, 2.24) is 4.90 Å². The van der Waals surface area contributed by atoms with E-state index in [9.17, 15) is 0 Å². The lowest BCUT2D eigenvalue weighted by Gasteiger charge is -2.17. The molecule has 0 heterocycles. The third kappa shape index (κ3) is 4.55. The topological polar surface area (TPSA) is 29.3 Å². The van der Waals surface area contributed by atoms with E-state index >= 15 is 0 Å². The van der Waals surface area contributed by atoms with Crippen LogP contribution in [-0.4, -0.2) is 18.5 Å². The van der Waals surface area contributed by atoms with Crippen molar-refractivity contribution in [3.8, 4) is 0 Å². The molecule has 0 aliphatic heterocycles. The van der Waals surface area contributed by atoms with Crippen LogP contribution in [-0.2, 0) is 13.0 Å². The molecular weight excluding hydrogens is 268 g/mol. The summed E-state index contributed by atoms with van der Waals surface area (Å²) in [4.78, 5) is 2.32. The maximum atomic E-state index is 5.95. The number of hydrogen-bond donors (Lipinski definition) is 1. The number of hydrogen-bond acceptors (Lipinski definition) is 2. The van der Waals surface area contributed by atoms with E-state index in [1.807, 2.05) is 30.3 Å². The molecule has 0 saturated heterocycles. The normalized spacial score (nSPS) is 10.9. The lowest BCUT2D eigenvalue weighted by atomic mass is 10.1. The van der Waals surface area contributed by atoms with Crippen molar-refractivity contribution in [1.29, 1.82) is 0 Å². The first kappa shape index (κ1) is 14.9. The zero-order valence-electron chi connectivity index (χ0n) is 11.8. The van der Waals surface area contributed by atoms with Crippen LogP contribution in [0, 0.1) is 0 Å². The molecule has 2 N–H and O–H groups in total. The number of anilines is 1. The van der Waals surface area contributed by atoms with Gasteiger partial charge in [0, 0.05) is 17.3 Å². The van der Waals surface area contributed by atoms with Gasteiger partial charge in [-0.2, -0.15) is 0 Å². The lowest BCUT2D eigenvalue weighted by Crippen LogP contribution is -2.19. The van der Waals surface area contributed by atoms with Gasteiger partial charge in [-0.25, -0.2) is 0 Å². The van der Waals surface area contributed by atoms with Crippen LogP contribution in [0.4, 0.5) is 5.69 Å². The van der Waals surface area contributed by atoms with Crippen LogP contribution >= 0.6 is 11.6 Å². The van der Waals surface area contributed by atoms with Gasteiger partial charge in [-0.05, 0) is 55.8 Å². The van der Waals surface area contributed by atoms with Crippen LogP contribution in [0.15, 0.2) is 48.5 Å². The zero-order chi connectivity index (χ0) is 14.4. The van der Waals surface area contributed by atoms with Gasteiger partial charge in [-0.1, -0.05) is 41.9 Å². The van der Waals surface area contributed by atoms with Crippen molar-refractivity contribution in [2.75, 3.05) is 19.3 Å². The Balaban J connectivity index is 1.76. The van der Waals surface area contributed by atoms with E-state index < -0.39 is 0 Å². The van der Waals surface area contributed by atoms with Gasteiger partial charge in [0.05, 0.1) is 0 Å². The molecular formula is C17H21ClN2. The van der Waals surface area contributed by atoms with Gasteiger partial charge in [-0.15, -0.1) is 0 Å². The van der Waals surface area contributed by atoms with Gasteiger partial charge in [-0.3, -0.25) is 0 Å². The third-order valence-corrected chi connectivity index (χ3v) is 3.66. The minimum Gasteiger partial charge on any atom is -0.399 e. The Morgan fingerprint density at radius 3 is 2.45 bits per heavy atom. The van der Waals surface area contributed by atoms with Crippen molar-refractivity contribution in [3.63, 3.8) is 0 Å². The average molecular weight is 289 g/mol. The molecule has 0 aromatic heterocycles. The summed E-state index contributed by atoms with van der Waals surface area (Å²) in [5.74, 6) is 0. The first-order chi connectivity index (χ1) is 9.65. The maximum Gasteiger partial charge on any atom is 0.0406 e. The first-order valence-corrected chi connectivity index (χ1v) is 7.29. The van der Waals surface area contributed by atoms with Crippen molar-refractivity contribution in [3.05, 3.63) is 64.7 Å². The van der Waals surface area contributed by atoms with Crippen LogP contribution in [0.25, 0.3) is 0 Å². The van der Waals surface area contributed by atoms with E-state index in [1.54, 1.807) is 0 Å². The van der Waals surface area contributed by atoms with E-state index in [0.717, 1.165) is 36.6 Å². The number of aryl methyl sites for hydroxylation is 1. The summed E-state index contributed by atoms with van der Waals surface area (Å²) in [7, 11) is 2.14. The Morgan fingerprint density at radius 1 is 1.05 bits per heavy atom. The second kappa shape index (κ2) is 7.32. The number of halogens is 1. The number of benzene rings is 2. The quantitative estimate of drug-likeness (QED) is 0.815. The predicted octanol–water partition coefficient (Wildman–Crippen LogP) is 3.99. The highest BCUT2D eigenvalue weighted by Gasteiger charge is 2.02. The monoisotopic (exact) mass is 288 g/mol. The molecule has 0 fully saturated rings. The first-order valence-electron chi connectivity index (χ1n) is 6.91. The molecule has 0 saturated carbocycles. The molecule has 0 aliphatic rings. The van der Waals surface area contributed by atoms with E-state index in [0.29, 0.717) is 0 Å². The van der Waals surface area contributed by atoms with Crippen LogP contribution in [0.5, 0.6) is 0 Å². The fourth-order valence-corrected chi connectivity index (χ4v) is 2.41. The number of para-hydroxylation sites is 1. The summed E-state index contributed by atoms with van der Waals surface area (Å²) in [5.41, 5.74) is 9.38. The SMILES string of the molecule is CN(CCCc1ccccc1N)Cc1ccc(Cl)cc1. The van der Waals surface area contributed by atoms with Crippen LogP contribution in [0.1, 0.15) is 17.5 Å². The summed E-state index contributed by atoms with van der Waals surface area (Å²) in [6.07, 6.45) is 2.13. The Bertz CT molecular complexity index is 537. The van der Waals surface area contributed by atoms with Crippen LogP contribution < -0.4 is 5.73 Å². The summed E-state index contributed by atoms with van der Waals surface area (Å²) in [5, 5.41) is 0.788. The van der Waals surface area contributed by atoms with Gasteiger partial charge in [0.1, 0.15) is 0 Å². The average Bonchev–Trinajstić information content (AvgIpc) is 2.43. The smallest absolute Gasteiger partial charge is 0.0406 e. The van der Waals surface area contributed by atoms with Crippen LogP contribution in [0.3, 0.4) is 0 Å². The molecule has 2 rings (SSSR count). The van der Waals surface area contributed by atoms with E-state index in [2.05, 4.69) is 30.1 Å². The van der Waals surface area contributed by atoms with Crippen molar-refractivity contribution >= 4 is 17.3 Å². The second-order valence-electron chi connectivity index (χ2n) is 5.17. The highest BCUT2D eigenvalue weighted by atomic mass is 35.5. The summed E-state index contributed by atoms with van der Waals surface area (Å²) < 4.78 is 0. The minimum absolute atomic E-state index is 0.788. The fraction of sp³-hybridized carbons (Fsp3) is 0.294. The fourth-order valence-electron chi connectivity index (χ4n) is 2.28. The van der Waals surface area contributed by atoms with E-state index in [1.165, 1.54) is 11.1 Å². The molecule has 2 nitrogen and oxygen atoms in total. The van der Waals surface area contributed by atoms with Gasteiger partial charge in [0.25, 0.3) is 0 Å². The van der Waals surface area contributed by atoms with Gasteiger partial charge < -0.3 is 10.6 Å². The van der Waals surface area contributed by atoms with Crippen molar-refractivity contribution in [2.24, 2.45) is 0 Å². The summed E-state index contributed by atoms with van der Waals surface area (Å²) in [6.45, 7) is 2.00. The zero-order valence-corrected chi connectivity index (χ0v) is 12.6. The molecule has 0 radical (unpaired) electrons. The molecule has 3 heteroatoms. The number of nitrogens with zero attached hydrogens (tertiary/aromatic N) is 1. The van der Waals surface area contributed by atoms with Crippen molar-refractivity contribution in [2.45, 2.75) is 19.4 Å². The lowest BCUT2D eigenvalue weighted by molar-refractivity contribution is 0.322. The number of nitrogens with two attached hydrogens (primary N) is 1. The molecule has 2 aromatic rings. The Morgan fingerprint density at radius 2 is 1.75 bits per heavy atom. The molecule has 0 unspecified atom stereocenters. The molecule has 0 amide bonds. The highest BCUT2D eigenvalue weighted by Crippen LogP contribution is 2.14. The molecule has 20 heavy (non-hydrogen) atoms. The number of nitrogen functional groups attached to an aromatic ring is 1. The Hall–Kier alpha value is -1.51. The minimum atomic E-state index is 0.788. The predicted molar refractivity (Wildman–Crippen MR) is 87.0 cm³/mol. The third-order valence-electron chi connectivity index (χ3n) is 3.41.